The van der Waals surface area contributed by atoms with E-state index >= 15 is 0 Å². The number of aliphatic hydroxyl groups excluding tert-OH is 1. The van der Waals surface area contributed by atoms with Gasteiger partial charge in [-0.25, -0.2) is 0 Å². The molecule has 2 aromatic rings. The quantitative estimate of drug-likeness (QED) is 0.649. The molecule has 0 aromatic heterocycles. The SMILES string of the molecule is Cc1ccc(OCC(=O)Nc2cc(C(=O)N[C@@H]3C[C@@H](CO)N(C)C3)ccc2C)cc1. The number of ether oxygens (including phenoxy) is 1. The third kappa shape index (κ3) is 5.58. The lowest BCUT2D eigenvalue weighted by atomic mass is 10.1. The second kappa shape index (κ2) is 9.73. The minimum Gasteiger partial charge on any atom is -0.484 e. The molecule has 2 atom stereocenters. The van der Waals surface area contributed by atoms with Crippen LogP contribution in [0.1, 0.15) is 27.9 Å². The van der Waals surface area contributed by atoms with Crippen LogP contribution in [0.15, 0.2) is 42.5 Å². The zero-order chi connectivity index (χ0) is 21.7. The molecule has 2 aromatic carbocycles. The lowest BCUT2D eigenvalue weighted by molar-refractivity contribution is -0.118. The average molecular weight is 412 g/mol. The van der Waals surface area contributed by atoms with Crippen LogP contribution in [0.25, 0.3) is 0 Å². The van der Waals surface area contributed by atoms with Crippen molar-refractivity contribution in [2.45, 2.75) is 32.4 Å². The molecule has 160 valence electrons. The first-order valence-electron chi connectivity index (χ1n) is 10.1. The van der Waals surface area contributed by atoms with E-state index in [1.807, 2.05) is 56.1 Å². The number of carbonyl (C=O) groups is 2. The van der Waals surface area contributed by atoms with Gasteiger partial charge in [-0.05, 0) is 57.1 Å². The van der Waals surface area contributed by atoms with Gasteiger partial charge in [0.05, 0.1) is 6.61 Å². The number of hydrogen-bond acceptors (Lipinski definition) is 5. The summed E-state index contributed by atoms with van der Waals surface area (Å²) in [7, 11) is 1.94. The number of anilines is 1. The van der Waals surface area contributed by atoms with Crippen molar-refractivity contribution in [3.05, 3.63) is 59.2 Å². The van der Waals surface area contributed by atoms with Crippen LogP contribution in [0.5, 0.6) is 5.75 Å². The minimum atomic E-state index is -0.292. The van der Waals surface area contributed by atoms with E-state index < -0.39 is 0 Å². The standard InChI is InChI=1S/C23H29N3O4/c1-15-4-8-20(9-5-15)30-14-22(28)25-21-10-17(7-6-16(21)2)23(29)24-18-11-19(13-27)26(3)12-18/h4-10,18-19,27H,11-14H2,1-3H3,(H,24,29)(H,25,28)/t18-,19+/m1/s1. The van der Waals surface area contributed by atoms with Gasteiger partial charge in [0.25, 0.3) is 11.8 Å². The van der Waals surface area contributed by atoms with Gasteiger partial charge in [0.1, 0.15) is 5.75 Å². The zero-order valence-corrected chi connectivity index (χ0v) is 17.6. The summed E-state index contributed by atoms with van der Waals surface area (Å²) >= 11 is 0. The predicted molar refractivity (Wildman–Crippen MR) is 116 cm³/mol. The van der Waals surface area contributed by atoms with Gasteiger partial charge in [-0.1, -0.05) is 23.8 Å². The Hall–Kier alpha value is -2.90. The lowest BCUT2D eigenvalue weighted by Crippen LogP contribution is -2.36. The third-order valence-corrected chi connectivity index (χ3v) is 5.40. The fourth-order valence-electron chi connectivity index (χ4n) is 3.53. The first-order chi connectivity index (χ1) is 14.4. The van der Waals surface area contributed by atoms with Crippen LogP contribution in [0.2, 0.25) is 0 Å². The molecule has 7 heteroatoms. The first kappa shape index (κ1) is 21.8. The Bertz CT molecular complexity index is 898. The van der Waals surface area contributed by atoms with E-state index in [1.54, 1.807) is 12.1 Å². The molecule has 0 bridgehead atoms. The summed E-state index contributed by atoms with van der Waals surface area (Å²) in [6.07, 6.45) is 0.713. The Balaban J connectivity index is 1.58. The minimum absolute atomic E-state index is 0.0121. The van der Waals surface area contributed by atoms with E-state index in [1.165, 1.54) is 0 Å². The monoisotopic (exact) mass is 411 g/mol. The third-order valence-electron chi connectivity index (χ3n) is 5.40. The maximum atomic E-state index is 12.7. The molecule has 1 fully saturated rings. The molecule has 1 saturated heterocycles. The van der Waals surface area contributed by atoms with Gasteiger partial charge in [0.15, 0.2) is 6.61 Å². The summed E-state index contributed by atoms with van der Waals surface area (Å²) in [6.45, 7) is 4.52. The highest BCUT2D eigenvalue weighted by Crippen LogP contribution is 2.19. The molecule has 1 aliphatic rings. The molecule has 1 heterocycles. The van der Waals surface area contributed by atoms with Crippen molar-refractivity contribution >= 4 is 17.5 Å². The molecule has 0 saturated carbocycles. The van der Waals surface area contributed by atoms with Crippen LogP contribution in [-0.4, -0.2) is 60.7 Å². The zero-order valence-electron chi connectivity index (χ0n) is 17.6. The maximum absolute atomic E-state index is 12.7. The number of aliphatic hydroxyl groups is 1. The second-order valence-electron chi connectivity index (χ2n) is 7.86. The molecule has 0 aliphatic carbocycles. The number of rotatable bonds is 7. The molecule has 1 aliphatic heterocycles. The number of nitrogens with one attached hydrogen (secondary N) is 2. The van der Waals surface area contributed by atoms with E-state index in [9.17, 15) is 14.7 Å². The number of likely N-dealkylation sites (tertiary alicyclic amines) is 1. The van der Waals surface area contributed by atoms with Crippen molar-refractivity contribution in [1.29, 1.82) is 0 Å². The molecule has 3 N–H and O–H groups in total. The highest BCUT2D eigenvalue weighted by Gasteiger charge is 2.30. The van der Waals surface area contributed by atoms with Crippen LogP contribution in [-0.2, 0) is 4.79 Å². The lowest BCUT2D eigenvalue weighted by Gasteiger charge is -2.15. The van der Waals surface area contributed by atoms with Crippen LogP contribution < -0.4 is 15.4 Å². The Kier molecular flexibility index (Phi) is 7.07. The van der Waals surface area contributed by atoms with Crippen LogP contribution in [0.4, 0.5) is 5.69 Å². The molecular weight excluding hydrogens is 382 g/mol. The highest BCUT2D eigenvalue weighted by molar-refractivity contribution is 5.98. The van der Waals surface area contributed by atoms with Crippen LogP contribution in [0, 0.1) is 13.8 Å². The normalized spacial score (nSPS) is 18.8. The van der Waals surface area contributed by atoms with Crippen molar-refractivity contribution in [2.24, 2.45) is 0 Å². The predicted octanol–water partition coefficient (Wildman–Crippen LogP) is 2.12. The van der Waals surface area contributed by atoms with Gasteiger partial charge in [-0.3, -0.25) is 14.5 Å². The maximum Gasteiger partial charge on any atom is 0.262 e. The summed E-state index contributed by atoms with van der Waals surface area (Å²) in [5, 5.41) is 15.2. The molecule has 0 unspecified atom stereocenters. The fraction of sp³-hybridized carbons (Fsp3) is 0.391. The van der Waals surface area contributed by atoms with Crippen molar-refractivity contribution in [2.75, 3.05) is 32.1 Å². The van der Waals surface area contributed by atoms with Gasteiger partial charge in [-0.15, -0.1) is 0 Å². The fourth-order valence-corrected chi connectivity index (χ4v) is 3.53. The smallest absolute Gasteiger partial charge is 0.262 e. The largest absolute Gasteiger partial charge is 0.484 e. The van der Waals surface area contributed by atoms with Gasteiger partial charge in [-0.2, -0.15) is 0 Å². The van der Waals surface area contributed by atoms with Crippen LogP contribution in [0.3, 0.4) is 0 Å². The molecule has 0 spiro atoms. The Labute approximate surface area is 177 Å². The van der Waals surface area contributed by atoms with Crippen molar-refractivity contribution < 1.29 is 19.4 Å². The first-order valence-corrected chi connectivity index (χ1v) is 10.1. The Morgan fingerprint density at radius 2 is 1.90 bits per heavy atom. The highest BCUT2D eigenvalue weighted by atomic mass is 16.5. The van der Waals surface area contributed by atoms with Crippen LogP contribution >= 0.6 is 0 Å². The van der Waals surface area contributed by atoms with Crippen molar-refractivity contribution in [1.82, 2.24) is 10.2 Å². The number of aryl methyl sites for hydroxylation is 2. The summed E-state index contributed by atoms with van der Waals surface area (Å²) in [5.41, 5.74) is 3.03. The van der Waals surface area contributed by atoms with Crippen molar-refractivity contribution in [3.63, 3.8) is 0 Å². The van der Waals surface area contributed by atoms with E-state index in [4.69, 9.17) is 4.74 Å². The second-order valence-corrected chi connectivity index (χ2v) is 7.86. The number of amides is 2. The summed E-state index contributed by atoms with van der Waals surface area (Å²) in [5.74, 6) is 0.140. The molecule has 0 radical (unpaired) electrons. The molecule has 30 heavy (non-hydrogen) atoms. The average Bonchev–Trinajstić information content (AvgIpc) is 3.08. The molecule has 2 amide bonds. The van der Waals surface area contributed by atoms with E-state index in [-0.39, 0.29) is 37.1 Å². The van der Waals surface area contributed by atoms with Gasteiger partial charge in [0.2, 0.25) is 0 Å². The number of hydrogen-bond donors (Lipinski definition) is 3. The number of carbonyl (C=O) groups excluding carboxylic acids is 2. The number of nitrogens with zero attached hydrogens (tertiary/aromatic N) is 1. The number of benzene rings is 2. The van der Waals surface area contributed by atoms with Gasteiger partial charge in [0, 0.05) is 29.9 Å². The summed E-state index contributed by atoms with van der Waals surface area (Å²) in [6, 6.07) is 12.8. The summed E-state index contributed by atoms with van der Waals surface area (Å²) < 4.78 is 5.52. The van der Waals surface area contributed by atoms with E-state index in [0.717, 1.165) is 11.1 Å². The van der Waals surface area contributed by atoms with Crippen molar-refractivity contribution in [3.8, 4) is 5.75 Å². The van der Waals surface area contributed by atoms with E-state index in [2.05, 4.69) is 10.6 Å². The summed E-state index contributed by atoms with van der Waals surface area (Å²) in [4.78, 5) is 27.0. The Morgan fingerprint density at radius 1 is 1.17 bits per heavy atom. The Morgan fingerprint density at radius 3 is 2.57 bits per heavy atom. The van der Waals surface area contributed by atoms with Gasteiger partial charge < -0.3 is 20.5 Å². The molecular formula is C23H29N3O4. The number of likely N-dealkylation sites (N-methyl/N-ethyl adjacent to an activating group) is 1. The van der Waals surface area contributed by atoms with Gasteiger partial charge >= 0.3 is 0 Å². The topological polar surface area (TPSA) is 90.9 Å². The molecule has 3 rings (SSSR count). The molecule has 7 nitrogen and oxygen atoms in total. The van der Waals surface area contributed by atoms with E-state index in [0.29, 0.717) is 30.0 Å².